The van der Waals surface area contributed by atoms with Gasteiger partial charge in [0.05, 0.1) is 12.7 Å². The van der Waals surface area contributed by atoms with Crippen LogP contribution in [0, 0.1) is 0 Å². The lowest BCUT2D eigenvalue weighted by Gasteiger charge is -2.08. The Kier molecular flexibility index (Phi) is 5.29. The monoisotopic (exact) mass is 238 g/mol. The van der Waals surface area contributed by atoms with Gasteiger partial charge in [-0.15, -0.1) is 0 Å². The van der Waals surface area contributed by atoms with E-state index < -0.39 is 0 Å². The molecule has 0 bridgehead atoms. The highest BCUT2D eigenvalue weighted by Gasteiger charge is 2.09. The van der Waals surface area contributed by atoms with Crippen molar-refractivity contribution in [2.75, 3.05) is 33.1 Å². The van der Waals surface area contributed by atoms with E-state index in [1.807, 2.05) is 0 Å². The molecule has 1 aromatic rings. The van der Waals surface area contributed by atoms with Gasteiger partial charge in [-0.3, -0.25) is 4.79 Å². The maximum atomic E-state index is 11.8. The molecular formula is C12H18N2O3. The molecule has 17 heavy (non-hydrogen) atoms. The molecule has 1 amide bonds. The van der Waals surface area contributed by atoms with Gasteiger partial charge in [0.1, 0.15) is 5.75 Å². The number of amides is 1. The number of hydrogen-bond acceptors (Lipinski definition) is 4. The van der Waals surface area contributed by atoms with E-state index in [9.17, 15) is 4.79 Å². The molecule has 94 valence electrons. The Labute approximate surface area is 101 Å². The molecule has 0 aromatic heterocycles. The molecule has 1 rings (SSSR count). The Balaban J connectivity index is 2.57. The van der Waals surface area contributed by atoms with Crippen LogP contribution in [-0.2, 0) is 4.74 Å². The van der Waals surface area contributed by atoms with E-state index in [1.165, 1.54) is 0 Å². The second kappa shape index (κ2) is 6.75. The van der Waals surface area contributed by atoms with Gasteiger partial charge in [0.15, 0.2) is 0 Å². The predicted molar refractivity (Wildman–Crippen MR) is 66.2 cm³/mol. The second-order valence-corrected chi connectivity index (χ2v) is 3.56. The fourth-order valence-corrected chi connectivity index (χ4v) is 1.39. The van der Waals surface area contributed by atoms with Crippen molar-refractivity contribution >= 4 is 11.6 Å². The van der Waals surface area contributed by atoms with E-state index >= 15 is 0 Å². The quantitative estimate of drug-likeness (QED) is 0.573. The van der Waals surface area contributed by atoms with Gasteiger partial charge in [-0.05, 0) is 18.6 Å². The van der Waals surface area contributed by atoms with Gasteiger partial charge in [0.25, 0.3) is 5.91 Å². The smallest absolute Gasteiger partial charge is 0.253 e. The van der Waals surface area contributed by atoms with Crippen molar-refractivity contribution in [1.82, 2.24) is 5.32 Å². The lowest BCUT2D eigenvalue weighted by molar-refractivity contribution is 0.0949. The highest BCUT2D eigenvalue weighted by molar-refractivity contribution is 5.99. The van der Waals surface area contributed by atoms with Crippen LogP contribution in [0.2, 0.25) is 0 Å². The largest absolute Gasteiger partial charge is 0.497 e. The summed E-state index contributed by atoms with van der Waals surface area (Å²) in [6.07, 6.45) is 0.776. The van der Waals surface area contributed by atoms with Gasteiger partial charge >= 0.3 is 0 Å². The molecule has 0 unspecified atom stereocenters. The topological polar surface area (TPSA) is 73.6 Å². The predicted octanol–water partition coefficient (Wildman–Crippen LogP) is 1.04. The van der Waals surface area contributed by atoms with Crippen molar-refractivity contribution < 1.29 is 14.3 Å². The summed E-state index contributed by atoms with van der Waals surface area (Å²) >= 11 is 0. The first-order valence-electron chi connectivity index (χ1n) is 5.39. The maximum Gasteiger partial charge on any atom is 0.253 e. The lowest BCUT2D eigenvalue weighted by Crippen LogP contribution is -2.26. The summed E-state index contributed by atoms with van der Waals surface area (Å²) in [4.78, 5) is 11.8. The summed E-state index contributed by atoms with van der Waals surface area (Å²) in [5.41, 5.74) is 6.63. The molecule has 5 heteroatoms. The molecule has 0 aliphatic carbocycles. The number of benzene rings is 1. The third kappa shape index (κ3) is 3.96. The van der Waals surface area contributed by atoms with Crippen molar-refractivity contribution in [3.63, 3.8) is 0 Å². The first-order chi connectivity index (χ1) is 8.19. The summed E-state index contributed by atoms with van der Waals surface area (Å²) in [7, 11) is 3.18. The number of nitrogen functional groups attached to an aromatic ring is 1. The maximum absolute atomic E-state index is 11.8. The molecule has 0 heterocycles. The number of carbonyl (C=O) groups excluding carboxylic acids is 1. The number of hydrogen-bond donors (Lipinski definition) is 2. The Morgan fingerprint density at radius 2 is 2.18 bits per heavy atom. The number of nitrogens with two attached hydrogens (primary N) is 1. The van der Waals surface area contributed by atoms with Crippen LogP contribution in [-0.4, -0.2) is 33.3 Å². The zero-order valence-electron chi connectivity index (χ0n) is 10.2. The number of methoxy groups -OCH3 is 2. The van der Waals surface area contributed by atoms with Crippen LogP contribution in [0.3, 0.4) is 0 Å². The Bertz CT molecular complexity index is 380. The molecule has 0 atom stereocenters. The SMILES string of the molecule is COCCCNC(=O)c1ccc(OC)cc1N. The van der Waals surface area contributed by atoms with Gasteiger partial charge in [-0.25, -0.2) is 0 Å². The highest BCUT2D eigenvalue weighted by Crippen LogP contribution is 2.19. The van der Waals surface area contributed by atoms with Gasteiger partial charge in [0, 0.05) is 32.0 Å². The third-order valence-corrected chi connectivity index (χ3v) is 2.31. The van der Waals surface area contributed by atoms with E-state index in [0.717, 1.165) is 6.42 Å². The van der Waals surface area contributed by atoms with Crippen molar-refractivity contribution in [2.24, 2.45) is 0 Å². The molecular weight excluding hydrogens is 220 g/mol. The molecule has 3 N–H and O–H groups in total. The number of carbonyl (C=O) groups is 1. The van der Waals surface area contributed by atoms with Crippen LogP contribution in [0.5, 0.6) is 5.75 Å². The minimum atomic E-state index is -0.179. The van der Waals surface area contributed by atoms with Gasteiger partial charge in [-0.2, -0.15) is 0 Å². The van der Waals surface area contributed by atoms with Crippen LogP contribution < -0.4 is 15.8 Å². The zero-order chi connectivity index (χ0) is 12.7. The zero-order valence-corrected chi connectivity index (χ0v) is 10.2. The van der Waals surface area contributed by atoms with E-state index in [2.05, 4.69) is 5.32 Å². The first kappa shape index (κ1) is 13.3. The van der Waals surface area contributed by atoms with Crippen molar-refractivity contribution in [1.29, 1.82) is 0 Å². The number of anilines is 1. The standard InChI is InChI=1S/C12H18N2O3/c1-16-7-3-6-14-12(15)10-5-4-9(17-2)8-11(10)13/h4-5,8H,3,6-7,13H2,1-2H3,(H,14,15). The molecule has 0 aliphatic rings. The minimum Gasteiger partial charge on any atom is -0.497 e. The van der Waals surface area contributed by atoms with E-state index in [4.69, 9.17) is 15.2 Å². The molecule has 5 nitrogen and oxygen atoms in total. The van der Waals surface area contributed by atoms with Crippen LogP contribution in [0.15, 0.2) is 18.2 Å². The fourth-order valence-electron chi connectivity index (χ4n) is 1.39. The van der Waals surface area contributed by atoms with E-state index in [-0.39, 0.29) is 5.91 Å². The van der Waals surface area contributed by atoms with Crippen LogP contribution >= 0.6 is 0 Å². The number of rotatable bonds is 6. The molecule has 0 saturated carbocycles. The van der Waals surface area contributed by atoms with Gasteiger partial charge in [-0.1, -0.05) is 0 Å². The van der Waals surface area contributed by atoms with Gasteiger partial charge in [0.2, 0.25) is 0 Å². The molecule has 0 fully saturated rings. The van der Waals surface area contributed by atoms with Crippen molar-refractivity contribution in [2.45, 2.75) is 6.42 Å². The van der Waals surface area contributed by atoms with E-state index in [0.29, 0.717) is 30.2 Å². The molecule has 0 saturated heterocycles. The molecule has 0 radical (unpaired) electrons. The summed E-state index contributed by atoms with van der Waals surface area (Å²) < 4.78 is 9.91. The van der Waals surface area contributed by atoms with Crippen molar-refractivity contribution in [3.05, 3.63) is 23.8 Å². The van der Waals surface area contributed by atoms with E-state index in [1.54, 1.807) is 32.4 Å². The summed E-state index contributed by atoms with van der Waals surface area (Å²) in [5.74, 6) is 0.458. The third-order valence-electron chi connectivity index (χ3n) is 2.31. The number of nitrogens with one attached hydrogen (secondary N) is 1. The lowest BCUT2D eigenvalue weighted by atomic mass is 10.1. The Morgan fingerprint density at radius 3 is 2.76 bits per heavy atom. The van der Waals surface area contributed by atoms with Crippen molar-refractivity contribution in [3.8, 4) is 5.75 Å². The average Bonchev–Trinajstić information content (AvgIpc) is 2.34. The Hall–Kier alpha value is -1.75. The van der Waals surface area contributed by atoms with Crippen LogP contribution in [0.25, 0.3) is 0 Å². The van der Waals surface area contributed by atoms with Crippen LogP contribution in [0.1, 0.15) is 16.8 Å². The highest BCUT2D eigenvalue weighted by atomic mass is 16.5. The minimum absolute atomic E-state index is 0.179. The average molecular weight is 238 g/mol. The molecule has 1 aromatic carbocycles. The molecule has 0 spiro atoms. The first-order valence-corrected chi connectivity index (χ1v) is 5.39. The summed E-state index contributed by atoms with van der Waals surface area (Å²) in [5, 5.41) is 2.77. The van der Waals surface area contributed by atoms with Crippen LogP contribution in [0.4, 0.5) is 5.69 Å². The Morgan fingerprint density at radius 1 is 1.41 bits per heavy atom. The summed E-state index contributed by atoms with van der Waals surface area (Å²) in [6.45, 7) is 1.19. The normalized spacial score (nSPS) is 10.0. The number of ether oxygens (including phenoxy) is 2. The molecule has 0 aliphatic heterocycles. The second-order valence-electron chi connectivity index (χ2n) is 3.56. The fraction of sp³-hybridized carbons (Fsp3) is 0.417. The van der Waals surface area contributed by atoms with Gasteiger partial charge < -0.3 is 20.5 Å². The summed E-state index contributed by atoms with van der Waals surface area (Å²) in [6, 6.07) is 4.99.